The van der Waals surface area contributed by atoms with Crippen molar-refractivity contribution in [2.75, 3.05) is 13.1 Å². The highest BCUT2D eigenvalue weighted by atomic mass is 35.5. The summed E-state index contributed by atoms with van der Waals surface area (Å²) < 4.78 is 0. The molecule has 6 nitrogen and oxygen atoms in total. The summed E-state index contributed by atoms with van der Waals surface area (Å²) in [4.78, 5) is 37.1. The Kier molecular flexibility index (Phi) is 3.30. The van der Waals surface area contributed by atoms with Crippen molar-refractivity contribution in [3.8, 4) is 0 Å². The van der Waals surface area contributed by atoms with Crippen molar-refractivity contribution in [1.29, 1.82) is 0 Å². The van der Waals surface area contributed by atoms with Crippen LogP contribution in [0.5, 0.6) is 0 Å². The van der Waals surface area contributed by atoms with E-state index in [9.17, 15) is 14.4 Å². The van der Waals surface area contributed by atoms with E-state index in [1.807, 2.05) is 0 Å². The molecule has 2 aliphatic heterocycles. The fraction of sp³-hybridized carbons (Fsp3) is 0.308. The average molecular weight is 328 g/mol. The summed E-state index contributed by atoms with van der Waals surface area (Å²) in [6.45, 7) is 0.474. The summed E-state index contributed by atoms with van der Waals surface area (Å²) in [6, 6.07) is 4.28. The van der Waals surface area contributed by atoms with Crippen LogP contribution in [0.25, 0.3) is 0 Å². The molecule has 0 aliphatic carbocycles. The minimum atomic E-state index is -1.03. The first kappa shape index (κ1) is 14.2. The lowest BCUT2D eigenvalue weighted by atomic mass is 9.99. The van der Waals surface area contributed by atoms with Gasteiger partial charge in [0.25, 0.3) is 11.8 Å². The van der Waals surface area contributed by atoms with Gasteiger partial charge in [-0.05, 0) is 18.6 Å². The Morgan fingerprint density at radius 2 is 2.05 bits per heavy atom. The first-order chi connectivity index (χ1) is 9.93. The third-order valence-electron chi connectivity index (χ3n) is 3.75. The second-order valence-corrected chi connectivity index (χ2v) is 5.85. The zero-order chi connectivity index (χ0) is 15.2. The van der Waals surface area contributed by atoms with Crippen LogP contribution in [-0.2, 0) is 4.79 Å². The van der Waals surface area contributed by atoms with Crippen LogP contribution in [0.2, 0.25) is 10.0 Å². The van der Waals surface area contributed by atoms with E-state index in [-0.39, 0.29) is 23.0 Å². The lowest BCUT2D eigenvalue weighted by molar-refractivity contribution is -0.123. The second kappa shape index (κ2) is 4.89. The van der Waals surface area contributed by atoms with Crippen LogP contribution >= 0.6 is 23.2 Å². The zero-order valence-corrected chi connectivity index (χ0v) is 12.3. The Morgan fingerprint density at radius 1 is 1.29 bits per heavy atom. The van der Waals surface area contributed by atoms with Crippen molar-refractivity contribution in [1.82, 2.24) is 15.5 Å². The van der Waals surface area contributed by atoms with Gasteiger partial charge in [-0.2, -0.15) is 0 Å². The van der Waals surface area contributed by atoms with Gasteiger partial charge < -0.3 is 10.2 Å². The molecule has 1 atom stereocenters. The van der Waals surface area contributed by atoms with E-state index in [2.05, 4.69) is 10.6 Å². The zero-order valence-electron chi connectivity index (χ0n) is 10.8. The van der Waals surface area contributed by atoms with Crippen LogP contribution in [0.3, 0.4) is 0 Å². The molecule has 21 heavy (non-hydrogen) atoms. The van der Waals surface area contributed by atoms with Gasteiger partial charge in [0.1, 0.15) is 5.54 Å². The third kappa shape index (κ3) is 2.24. The molecule has 2 saturated heterocycles. The van der Waals surface area contributed by atoms with Crippen molar-refractivity contribution in [3.05, 3.63) is 33.8 Å². The Hall–Kier alpha value is -1.79. The van der Waals surface area contributed by atoms with E-state index in [4.69, 9.17) is 23.2 Å². The molecular formula is C13H11Cl2N3O3. The van der Waals surface area contributed by atoms with E-state index >= 15 is 0 Å². The summed E-state index contributed by atoms with van der Waals surface area (Å²) in [5, 5.41) is 5.26. The van der Waals surface area contributed by atoms with E-state index in [0.29, 0.717) is 18.0 Å². The van der Waals surface area contributed by atoms with Crippen LogP contribution in [0.4, 0.5) is 4.79 Å². The highest BCUT2D eigenvalue weighted by molar-refractivity contribution is 6.43. The molecule has 2 fully saturated rings. The molecule has 1 aromatic carbocycles. The van der Waals surface area contributed by atoms with Crippen LogP contribution in [0, 0.1) is 0 Å². The highest BCUT2D eigenvalue weighted by Gasteiger charge is 2.51. The monoisotopic (exact) mass is 327 g/mol. The van der Waals surface area contributed by atoms with Gasteiger partial charge in [-0.3, -0.25) is 14.9 Å². The Labute approximate surface area is 130 Å². The van der Waals surface area contributed by atoms with Crippen molar-refractivity contribution < 1.29 is 14.4 Å². The van der Waals surface area contributed by atoms with Gasteiger partial charge in [0.05, 0.1) is 22.2 Å². The second-order valence-electron chi connectivity index (χ2n) is 5.07. The minimum Gasteiger partial charge on any atom is -0.336 e. The van der Waals surface area contributed by atoms with Gasteiger partial charge in [-0.25, -0.2) is 4.79 Å². The Bertz CT molecular complexity index is 664. The largest absolute Gasteiger partial charge is 0.336 e. The van der Waals surface area contributed by atoms with Crippen molar-refractivity contribution in [2.24, 2.45) is 0 Å². The number of rotatable bonds is 1. The first-order valence-corrected chi connectivity index (χ1v) is 7.05. The molecular weight excluding hydrogens is 317 g/mol. The number of nitrogens with zero attached hydrogens (tertiary/aromatic N) is 1. The van der Waals surface area contributed by atoms with Gasteiger partial charge in [0.15, 0.2) is 0 Å². The van der Waals surface area contributed by atoms with Gasteiger partial charge in [0, 0.05) is 6.54 Å². The number of carbonyl (C=O) groups excluding carboxylic acids is 3. The molecule has 0 saturated carbocycles. The average Bonchev–Trinajstić information content (AvgIpc) is 2.97. The van der Waals surface area contributed by atoms with Gasteiger partial charge in [-0.1, -0.05) is 29.3 Å². The van der Waals surface area contributed by atoms with Gasteiger partial charge in [0.2, 0.25) is 0 Å². The van der Waals surface area contributed by atoms with E-state index < -0.39 is 17.5 Å². The smallest absolute Gasteiger partial charge is 0.322 e. The molecule has 2 aliphatic rings. The summed E-state index contributed by atoms with van der Waals surface area (Å²) in [5.74, 6) is -0.715. The quantitative estimate of drug-likeness (QED) is 0.765. The topological polar surface area (TPSA) is 78.5 Å². The third-order valence-corrected chi connectivity index (χ3v) is 4.57. The number of carbonyl (C=O) groups is 3. The van der Waals surface area contributed by atoms with Gasteiger partial charge >= 0.3 is 6.03 Å². The summed E-state index contributed by atoms with van der Waals surface area (Å²) in [6.07, 6.45) is 0.370. The first-order valence-electron chi connectivity index (χ1n) is 6.30. The normalized spacial score (nSPS) is 24.4. The Balaban J connectivity index is 1.83. The lowest BCUT2D eigenvalue weighted by Crippen LogP contribution is -2.49. The number of likely N-dealkylation sites (tertiary alicyclic amines) is 1. The van der Waals surface area contributed by atoms with Crippen LogP contribution in [-0.4, -0.2) is 41.4 Å². The molecule has 0 bridgehead atoms. The number of urea groups is 1. The lowest BCUT2D eigenvalue weighted by Gasteiger charge is -2.21. The maximum absolute atomic E-state index is 12.5. The fourth-order valence-corrected chi connectivity index (χ4v) is 3.02. The van der Waals surface area contributed by atoms with Crippen LogP contribution in [0.1, 0.15) is 16.8 Å². The molecule has 4 amide bonds. The molecule has 8 heteroatoms. The van der Waals surface area contributed by atoms with Crippen molar-refractivity contribution in [3.63, 3.8) is 0 Å². The minimum absolute atomic E-state index is 0.117. The molecule has 1 spiro atoms. The van der Waals surface area contributed by atoms with Crippen molar-refractivity contribution >= 4 is 41.0 Å². The van der Waals surface area contributed by atoms with E-state index in [1.165, 1.54) is 4.90 Å². The molecule has 110 valence electrons. The number of nitrogens with one attached hydrogen (secondary N) is 2. The number of benzene rings is 1. The van der Waals surface area contributed by atoms with Crippen LogP contribution < -0.4 is 10.6 Å². The van der Waals surface area contributed by atoms with Crippen LogP contribution in [0.15, 0.2) is 18.2 Å². The molecule has 0 aromatic heterocycles. The maximum Gasteiger partial charge on any atom is 0.322 e. The standard InChI is InChI=1S/C13H11Cl2N3O3/c14-8-3-1-2-7(9(8)15)10(19)18-5-4-13(6-18)11(20)16-12(21)17-13/h1-3H,4-6H2,(H2,16,17,20,21). The molecule has 2 N–H and O–H groups in total. The predicted octanol–water partition coefficient (Wildman–Crippen LogP) is 1.42. The molecule has 0 radical (unpaired) electrons. The van der Waals surface area contributed by atoms with E-state index in [1.54, 1.807) is 18.2 Å². The fourth-order valence-electron chi connectivity index (χ4n) is 2.64. The van der Waals surface area contributed by atoms with Crippen molar-refractivity contribution in [2.45, 2.75) is 12.0 Å². The van der Waals surface area contributed by atoms with E-state index in [0.717, 1.165) is 0 Å². The molecule has 3 rings (SSSR count). The SMILES string of the molecule is O=C1NC(=O)C2(CCN(C(=O)c3cccc(Cl)c3Cl)C2)N1. The number of hydrogen-bond acceptors (Lipinski definition) is 3. The maximum atomic E-state index is 12.5. The number of halogens is 2. The summed E-state index contributed by atoms with van der Waals surface area (Å²) in [7, 11) is 0. The number of amides is 4. The number of imide groups is 1. The highest BCUT2D eigenvalue weighted by Crippen LogP contribution is 2.30. The molecule has 1 aromatic rings. The van der Waals surface area contributed by atoms with Gasteiger partial charge in [-0.15, -0.1) is 0 Å². The number of hydrogen-bond donors (Lipinski definition) is 2. The summed E-state index contributed by atoms with van der Waals surface area (Å²) in [5.41, 5.74) is -0.747. The summed E-state index contributed by atoms with van der Waals surface area (Å²) >= 11 is 11.9. The predicted molar refractivity (Wildman–Crippen MR) is 76.4 cm³/mol. The Morgan fingerprint density at radius 3 is 2.71 bits per heavy atom. The molecule has 1 unspecified atom stereocenters. The molecule has 2 heterocycles.